The van der Waals surface area contributed by atoms with Crippen LogP contribution in [0.4, 0.5) is 14.5 Å². The van der Waals surface area contributed by atoms with Crippen molar-refractivity contribution < 1.29 is 23.1 Å². The fourth-order valence-electron chi connectivity index (χ4n) is 1.73. The molecule has 0 fully saturated rings. The lowest BCUT2D eigenvalue weighted by molar-refractivity contribution is 0.0600. The maximum atomic E-state index is 13.1. The molecule has 108 valence electrons. The van der Waals surface area contributed by atoms with Crippen LogP contribution in [0.3, 0.4) is 0 Å². The predicted octanol–water partition coefficient (Wildman–Crippen LogP) is 3.00. The van der Waals surface area contributed by atoms with Gasteiger partial charge < -0.3 is 10.1 Å². The Morgan fingerprint density at radius 1 is 1.00 bits per heavy atom. The van der Waals surface area contributed by atoms with Crippen LogP contribution in [0.2, 0.25) is 0 Å². The van der Waals surface area contributed by atoms with E-state index in [2.05, 4.69) is 10.1 Å². The summed E-state index contributed by atoms with van der Waals surface area (Å²) in [5.41, 5.74) is 0.407. The van der Waals surface area contributed by atoms with E-state index in [1.54, 1.807) is 12.1 Å². The van der Waals surface area contributed by atoms with Gasteiger partial charge in [-0.15, -0.1) is 0 Å². The van der Waals surface area contributed by atoms with Gasteiger partial charge in [0.15, 0.2) is 0 Å². The fourth-order valence-corrected chi connectivity index (χ4v) is 1.73. The Kier molecular flexibility index (Phi) is 4.27. The molecular formula is C15H11F2NO3. The number of carbonyl (C=O) groups is 2. The Morgan fingerprint density at radius 3 is 2.29 bits per heavy atom. The Morgan fingerprint density at radius 2 is 1.67 bits per heavy atom. The lowest BCUT2D eigenvalue weighted by Crippen LogP contribution is -2.13. The molecule has 6 heteroatoms. The first-order valence-corrected chi connectivity index (χ1v) is 5.95. The third kappa shape index (κ3) is 3.62. The Hall–Kier alpha value is -2.76. The number of benzene rings is 2. The zero-order valence-corrected chi connectivity index (χ0v) is 11.0. The summed E-state index contributed by atoms with van der Waals surface area (Å²) in [5, 5.41) is 2.45. The third-order valence-electron chi connectivity index (χ3n) is 2.67. The Bertz CT molecular complexity index is 681. The molecule has 0 aliphatic rings. The van der Waals surface area contributed by atoms with Crippen molar-refractivity contribution in [2.24, 2.45) is 0 Å². The number of amides is 1. The highest BCUT2D eigenvalue weighted by Crippen LogP contribution is 2.14. The second kappa shape index (κ2) is 6.13. The third-order valence-corrected chi connectivity index (χ3v) is 2.67. The maximum absolute atomic E-state index is 13.1. The SMILES string of the molecule is COC(=O)c1cccc(NC(=O)c2cc(F)cc(F)c2)c1. The monoisotopic (exact) mass is 291 g/mol. The number of anilines is 1. The number of nitrogens with one attached hydrogen (secondary N) is 1. The van der Waals surface area contributed by atoms with Gasteiger partial charge in [-0.3, -0.25) is 4.79 Å². The highest BCUT2D eigenvalue weighted by molar-refractivity contribution is 6.04. The zero-order valence-electron chi connectivity index (χ0n) is 11.0. The first-order valence-electron chi connectivity index (χ1n) is 5.95. The van der Waals surface area contributed by atoms with Gasteiger partial charge in [-0.25, -0.2) is 13.6 Å². The van der Waals surface area contributed by atoms with Gasteiger partial charge in [-0.2, -0.15) is 0 Å². The summed E-state index contributed by atoms with van der Waals surface area (Å²) in [4.78, 5) is 23.3. The van der Waals surface area contributed by atoms with Crippen molar-refractivity contribution in [3.05, 3.63) is 65.2 Å². The standard InChI is InChI=1S/C15H11F2NO3/c1-21-15(20)9-3-2-4-13(7-9)18-14(19)10-5-11(16)8-12(17)6-10/h2-8H,1H3,(H,18,19). The van der Waals surface area contributed by atoms with E-state index in [0.29, 0.717) is 11.8 Å². The number of carbonyl (C=O) groups excluding carboxylic acids is 2. The minimum absolute atomic E-state index is 0.157. The van der Waals surface area contributed by atoms with Crippen molar-refractivity contribution in [1.82, 2.24) is 0 Å². The lowest BCUT2D eigenvalue weighted by atomic mass is 10.1. The summed E-state index contributed by atoms with van der Waals surface area (Å²) in [5.74, 6) is -2.93. The van der Waals surface area contributed by atoms with E-state index >= 15 is 0 Å². The number of methoxy groups -OCH3 is 1. The van der Waals surface area contributed by atoms with Crippen LogP contribution in [0.5, 0.6) is 0 Å². The second-order valence-electron chi connectivity index (χ2n) is 4.18. The number of rotatable bonds is 3. The van der Waals surface area contributed by atoms with Crippen LogP contribution in [0.15, 0.2) is 42.5 Å². The molecule has 2 aromatic rings. The molecule has 0 radical (unpaired) electrons. The minimum atomic E-state index is -0.844. The van der Waals surface area contributed by atoms with Crippen LogP contribution in [0.25, 0.3) is 0 Å². The molecule has 0 aliphatic carbocycles. The van der Waals surface area contributed by atoms with E-state index in [9.17, 15) is 18.4 Å². The number of halogens is 2. The maximum Gasteiger partial charge on any atom is 0.337 e. The molecule has 0 aromatic heterocycles. The molecule has 0 saturated heterocycles. The highest BCUT2D eigenvalue weighted by atomic mass is 19.1. The summed E-state index contributed by atoms with van der Waals surface area (Å²) in [6.07, 6.45) is 0. The van der Waals surface area contributed by atoms with E-state index in [4.69, 9.17) is 0 Å². The highest BCUT2D eigenvalue weighted by Gasteiger charge is 2.11. The van der Waals surface area contributed by atoms with Crippen molar-refractivity contribution in [3.63, 3.8) is 0 Å². The molecule has 1 amide bonds. The molecule has 1 N–H and O–H groups in total. The van der Waals surface area contributed by atoms with Crippen LogP contribution in [-0.2, 0) is 4.74 Å². The molecule has 0 atom stereocenters. The minimum Gasteiger partial charge on any atom is -0.465 e. The van der Waals surface area contributed by atoms with Crippen LogP contribution in [-0.4, -0.2) is 19.0 Å². The van der Waals surface area contributed by atoms with Gasteiger partial charge in [0.1, 0.15) is 11.6 Å². The molecule has 4 nitrogen and oxygen atoms in total. The van der Waals surface area contributed by atoms with Gasteiger partial charge in [0, 0.05) is 17.3 Å². The van der Waals surface area contributed by atoms with E-state index in [0.717, 1.165) is 12.1 Å². The molecule has 0 unspecified atom stereocenters. The number of hydrogen-bond acceptors (Lipinski definition) is 3. The summed E-state index contributed by atoms with van der Waals surface area (Å²) >= 11 is 0. The quantitative estimate of drug-likeness (QED) is 0.884. The average Bonchev–Trinajstić information content (AvgIpc) is 2.45. The van der Waals surface area contributed by atoms with Crippen molar-refractivity contribution in [3.8, 4) is 0 Å². The molecule has 2 rings (SSSR count). The molecule has 21 heavy (non-hydrogen) atoms. The molecule has 0 aliphatic heterocycles. The number of hydrogen-bond donors (Lipinski definition) is 1. The van der Waals surface area contributed by atoms with Gasteiger partial charge in [0.2, 0.25) is 0 Å². The molecule has 0 spiro atoms. The van der Waals surface area contributed by atoms with Gasteiger partial charge in [-0.05, 0) is 30.3 Å². The van der Waals surface area contributed by atoms with E-state index in [1.165, 1.54) is 19.2 Å². The van der Waals surface area contributed by atoms with Crippen LogP contribution in [0.1, 0.15) is 20.7 Å². The van der Waals surface area contributed by atoms with Gasteiger partial charge in [0.05, 0.1) is 12.7 Å². The Labute approximate surface area is 119 Å². The van der Waals surface area contributed by atoms with Crippen LogP contribution in [0, 0.1) is 11.6 Å². The largest absolute Gasteiger partial charge is 0.465 e. The zero-order chi connectivity index (χ0) is 15.4. The van der Waals surface area contributed by atoms with E-state index < -0.39 is 23.5 Å². The van der Waals surface area contributed by atoms with Crippen molar-refractivity contribution in [2.75, 3.05) is 12.4 Å². The topological polar surface area (TPSA) is 55.4 Å². The molecule has 2 aromatic carbocycles. The average molecular weight is 291 g/mol. The summed E-state index contributed by atoms with van der Waals surface area (Å²) in [7, 11) is 1.24. The first-order chi connectivity index (χ1) is 9.99. The smallest absolute Gasteiger partial charge is 0.337 e. The number of esters is 1. The first kappa shape index (κ1) is 14.6. The summed E-state index contributed by atoms with van der Waals surface area (Å²) in [6, 6.07) is 8.52. The summed E-state index contributed by atoms with van der Waals surface area (Å²) in [6.45, 7) is 0. The molecule has 0 saturated carbocycles. The van der Waals surface area contributed by atoms with Gasteiger partial charge in [-0.1, -0.05) is 6.07 Å². The second-order valence-corrected chi connectivity index (χ2v) is 4.18. The lowest BCUT2D eigenvalue weighted by Gasteiger charge is -2.07. The Balaban J connectivity index is 2.21. The van der Waals surface area contributed by atoms with Crippen molar-refractivity contribution in [2.45, 2.75) is 0 Å². The van der Waals surface area contributed by atoms with E-state index in [1.807, 2.05) is 0 Å². The number of ether oxygens (including phenoxy) is 1. The fraction of sp³-hybridized carbons (Fsp3) is 0.0667. The summed E-state index contributed by atoms with van der Waals surface area (Å²) < 4.78 is 30.7. The molecule has 0 heterocycles. The van der Waals surface area contributed by atoms with E-state index in [-0.39, 0.29) is 11.1 Å². The van der Waals surface area contributed by atoms with Crippen LogP contribution < -0.4 is 5.32 Å². The van der Waals surface area contributed by atoms with Gasteiger partial charge >= 0.3 is 5.97 Å². The normalized spacial score (nSPS) is 10.0. The van der Waals surface area contributed by atoms with Crippen LogP contribution >= 0.6 is 0 Å². The van der Waals surface area contributed by atoms with Gasteiger partial charge in [0.25, 0.3) is 5.91 Å². The molecular weight excluding hydrogens is 280 g/mol. The molecule has 0 bridgehead atoms. The van der Waals surface area contributed by atoms with Crippen molar-refractivity contribution in [1.29, 1.82) is 0 Å². The predicted molar refractivity (Wildman–Crippen MR) is 72.1 cm³/mol. The van der Waals surface area contributed by atoms with Crippen molar-refractivity contribution >= 4 is 17.6 Å².